The first-order chi connectivity index (χ1) is 18.1. The van der Waals surface area contributed by atoms with Gasteiger partial charge in [0.25, 0.3) is 0 Å². The fourth-order valence-electron chi connectivity index (χ4n) is 4.38. The molecule has 0 radical (unpaired) electrons. The molecule has 214 valence electrons. The molecule has 0 aromatic heterocycles. The molecule has 0 aliphatic carbocycles. The third-order valence-corrected chi connectivity index (χ3v) is 6.63. The van der Waals surface area contributed by atoms with Crippen molar-refractivity contribution in [2.75, 3.05) is 0 Å². The minimum Gasteiger partial charge on any atom is -0.481 e. The monoisotopic (exact) mass is 518 g/mol. The smallest absolute Gasteiger partial charge is 0.306 e. The summed E-state index contributed by atoms with van der Waals surface area (Å²) in [4.78, 5) is 23.2. The van der Waals surface area contributed by atoms with Gasteiger partial charge in [-0.2, -0.15) is 0 Å². The molecule has 0 aromatic rings. The summed E-state index contributed by atoms with van der Waals surface area (Å²) >= 11 is 0. The molecule has 0 amide bonds. The van der Waals surface area contributed by atoms with Crippen molar-refractivity contribution in [1.29, 1.82) is 0 Å². The summed E-state index contributed by atoms with van der Waals surface area (Å²) in [6, 6.07) is 0. The SMILES string of the molecule is CC/C=C\C/C=C\C/C=C\CCCCCCCC(=O)OC(CCCCCCCCCC)CCCC(=O)O. The van der Waals surface area contributed by atoms with Crippen molar-refractivity contribution < 1.29 is 19.4 Å². The number of hydrogen-bond acceptors (Lipinski definition) is 3. The van der Waals surface area contributed by atoms with Crippen molar-refractivity contribution in [2.45, 2.75) is 161 Å². The molecule has 0 bridgehead atoms. The summed E-state index contributed by atoms with van der Waals surface area (Å²) in [5.41, 5.74) is 0. The molecule has 4 nitrogen and oxygen atoms in total. The predicted octanol–water partition coefficient (Wildman–Crippen LogP) is 10.3. The quantitative estimate of drug-likeness (QED) is 0.0667. The summed E-state index contributed by atoms with van der Waals surface area (Å²) in [5.74, 6) is -0.888. The van der Waals surface area contributed by atoms with Crippen molar-refractivity contribution in [3.05, 3.63) is 36.5 Å². The van der Waals surface area contributed by atoms with Crippen LogP contribution in [0.3, 0.4) is 0 Å². The summed E-state index contributed by atoms with van der Waals surface area (Å²) in [6.45, 7) is 4.39. The lowest BCUT2D eigenvalue weighted by Gasteiger charge is -2.18. The van der Waals surface area contributed by atoms with Crippen LogP contribution >= 0.6 is 0 Å². The van der Waals surface area contributed by atoms with E-state index >= 15 is 0 Å². The molecule has 1 N–H and O–H groups in total. The van der Waals surface area contributed by atoms with Crippen LogP contribution in [-0.4, -0.2) is 23.1 Å². The summed E-state index contributed by atoms with van der Waals surface area (Å²) < 4.78 is 5.76. The first-order valence-corrected chi connectivity index (χ1v) is 15.5. The highest BCUT2D eigenvalue weighted by Gasteiger charge is 2.15. The van der Waals surface area contributed by atoms with Crippen molar-refractivity contribution in [3.8, 4) is 0 Å². The lowest BCUT2D eigenvalue weighted by atomic mass is 10.0. The second-order valence-corrected chi connectivity index (χ2v) is 10.3. The van der Waals surface area contributed by atoms with Crippen LogP contribution in [0.25, 0.3) is 0 Å². The van der Waals surface area contributed by atoms with Crippen LogP contribution in [0.15, 0.2) is 36.5 Å². The van der Waals surface area contributed by atoms with Gasteiger partial charge < -0.3 is 9.84 Å². The Morgan fingerprint density at radius 2 is 1.16 bits per heavy atom. The number of ether oxygens (including phenoxy) is 1. The maximum atomic E-state index is 12.4. The van der Waals surface area contributed by atoms with Gasteiger partial charge in [0.15, 0.2) is 0 Å². The largest absolute Gasteiger partial charge is 0.481 e. The number of aliphatic carboxylic acids is 1. The summed E-state index contributed by atoms with van der Waals surface area (Å²) in [5, 5.41) is 8.93. The van der Waals surface area contributed by atoms with E-state index in [1.165, 1.54) is 57.8 Å². The fraction of sp³-hybridized carbons (Fsp3) is 0.758. The Hall–Kier alpha value is -1.84. The van der Waals surface area contributed by atoms with E-state index in [9.17, 15) is 9.59 Å². The number of carbonyl (C=O) groups is 2. The Labute approximate surface area is 229 Å². The maximum absolute atomic E-state index is 12.4. The molecule has 0 spiro atoms. The number of carboxylic acid groups (broad SMARTS) is 1. The first kappa shape index (κ1) is 35.2. The van der Waals surface area contributed by atoms with Gasteiger partial charge in [-0.15, -0.1) is 0 Å². The van der Waals surface area contributed by atoms with E-state index in [-0.39, 0.29) is 18.5 Å². The highest BCUT2D eigenvalue weighted by molar-refractivity contribution is 5.69. The zero-order valence-corrected chi connectivity index (χ0v) is 24.3. The Morgan fingerprint density at radius 1 is 0.622 bits per heavy atom. The van der Waals surface area contributed by atoms with E-state index in [2.05, 4.69) is 50.3 Å². The van der Waals surface area contributed by atoms with Crippen molar-refractivity contribution in [3.63, 3.8) is 0 Å². The molecule has 0 saturated carbocycles. The minimum atomic E-state index is -0.778. The third-order valence-electron chi connectivity index (χ3n) is 6.63. The van der Waals surface area contributed by atoms with E-state index in [1.54, 1.807) is 0 Å². The first-order valence-electron chi connectivity index (χ1n) is 15.5. The molecule has 0 saturated heterocycles. The second kappa shape index (κ2) is 28.7. The standard InChI is InChI=1S/C33H58O4/c1-3-5-7-9-11-13-14-15-16-17-18-19-21-23-25-30-33(36)37-31(28-26-29-32(34)35)27-24-22-20-12-10-8-6-4-2/h5,7,11,13,15-16,31H,3-4,6,8-10,12,14,17-30H2,1-2H3,(H,34,35)/b7-5-,13-11-,16-15-. The van der Waals surface area contributed by atoms with Crippen LogP contribution in [0.1, 0.15) is 155 Å². The van der Waals surface area contributed by atoms with Crippen LogP contribution in [0.2, 0.25) is 0 Å². The average Bonchev–Trinajstić information content (AvgIpc) is 2.87. The van der Waals surface area contributed by atoms with Crippen LogP contribution in [0, 0.1) is 0 Å². The van der Waals surface area contributed by atoms with Crippen molar-refractivity contribution >= 4 is 11.9 Å². The maximum Gasteiger partial charge on any atom is 0.306 e. The van der Waals surface area contributed by atoms with E-state index < -0.39 is 5.97 Å². The van der Waals surface area contributed by atoms with E-state index in [4.69, 9.17) is 9.84 Å². The molecule has 4 heteroatoms. The lowest BCUT2D eigenvalue weighted by Crippen LogP contribution is -2.18. The number of allylic oxidation sites excluding steroid dienone is 6. The minimum absolute atomic E-state index is 0.110. The highest BCUT2D eigenvalue weighted by Crippen LogP contribution is 2.17. The highest BCUT2D eigenvalue weighted by atomic mass is 16.5. The average molecular weight is 519 g/mol. The van der Waals surface area contributed by atoms with Gasteiger partial charge in [0.2, 0.25) is 0 Å². The van der Waals surface area contributed by atoms with Gasteiger partial charge in [-0.3, -0.25) is 9.59 Å². The molecule has 0 aliphatic heterocycles. The molecule has 0 aliphatic rings. The van der Waals surface area contributed by atoms with E-state index in [0.717, 1.165) is 57.8 Å². The molecule has 0 heterocycles. The normalized spacial score (nSPS) is 12.7. The lowest BCUT2D eigenvalue weighted by molar-refractivity contribution is -0.150. The van der Waals surface area contributed by atoms with Gasteiger partial charge in [0, 0.05) is 12.8 Å². The van der Waals surface area contributed by atoms with Gasteiger partial charge >= 0.3 is 11.9 Å². The topological polar surface area (TPSA) is 63.6 Å². The molecule has 0 fully saturated rings. The Bertz CT molecular complexity index is 605. The van der Waals surface area contributed by atoms with Crippen LogP contribution < -0.4 is 0 Å². The number of rotatable bonds is 27. The number of hydrogen-bond donors (Lipinski definition) is 1. The zero-order valence-electron chi connectivity index (χ0n) is 24.3. The molecule has 1 unspecified atom stereocenters. The summed E-state index contributed by atoms with van der Waals surface area (Å²) in [7, 11) is 0. The Kier molecular flexibility index (Phi) is 27.3. The molecular weight excluding hydrogens is 460 g/mol. The number of esters is 1. The van der Waals surface area contributed by atoms with Crippen molar-refractivity contribution in [2.24, 2.45) is 0 Å². The van der Waals surface area contributed by atoms with Gasteiger partial charge in [-0.1, -0.05) is 115 Å². The van der Waals surface area contributed by atoms with Gasteiger partial charge in [0.1, 0.15) is 6.10 Å². The second-order valence-electron chi connectivity index (χ2n) is 10.3. The van der Waals surface area contributed by atoms with Gasteiger partial charge in [-0.25, -0.2) is 0 Å². The molecule has 1 atom stereocenters. The molecule has 37 heavy (non-hydrogen) atoms. The van der Waals surface area contributed by atoms with Crippen molar-refractivity contribution in [1.82, 2.24) is 0 Å². The molecular formula is C33H58O4. The van der Waals surface area contributed by atoms with Gasteiger partial charge in [-0.05, 0) is 64.2 Å². The van der Waals surface area contributed by atoms with E-state index in [0.29, 0.717) is 19.3 Å². The third kappa shape index (κ3) is 28.6. The number of unbranched alkanes of at least 4 members (excludes halogenated alkanes) is 12. The predicted molar refractivity (Wildman–Crippen MR) is 158 cm³/mol. The summed E-state index contributed by atoms with van der Waals surface area (Å²) in [6.07, 6.45) is 35.7. The molecule has 0 rings (SSSR count). The Balaban J connectivity index is 3.89. The van der Waals surface area contributed by atoms with Crippen LogP contribution in [-0.2, 0) is 14.3 Å². The number of carboxylic acids is 1. The fourth-order valence-corrected chi connectivity index (χ4v) is 4.38. The van der Waals surface area contributed by atoms with Gasteiger partial charge in [0.05, 0.1) is 0 Å². The molecule has 0 aromatic carbocycles. The van der Waals surface area contributed by atoms with E-state index in [1.807, 2.05) is 0 Å². The van der Waals surface area contributed by atoms with Crippen LogP contribution in [0.5, 0.6) is 0 Å². The zero-order chi connectivity index (χ0) is 27.2. The number of carbonyl (C=O) groups excluding carboxylic acids is 1. The Morgan fingerprint density at radius 3 is 1.81 bits per heavy atom. The van der Waals surface area contributed by atoms with Crippen LogP contribution in [0.4, 0.5) is 0 Å².